The van der Waals surface area contributed by atoms with E-state index in [0.29, 0.717) is 5.75 Å². The summed E-state index contributed by atoms with van der Waals surface area (Å²) in [6.45, 7) is 2.08. The molecular formula is C17H22OS. The zero-order valence-electron chi connectivity index (χ0n) is 11.7. The van der Waals surface area contributed by atoms with Crippen LogP contribution in [0.15, 0.2) is 40.8 Å². The molecule has 0 heterocycles. The highest BCUT2D eigenvalue weighted by molar-refractivity contribution is 8.00. The predicted molar refractivity (Wildman–Crippen MR) is 82.7 cm³/mol. The van der Waals surface area contributed by atoms with Gasteiger partial charge in [0.05, 0.1) is 5.75 Å². The first kappa shape index (κ1) is 14.4. The molecule has 0 unspecified atom stereocenters. The van der Waals surface area contributed by atoms with Gasteiger partial charge in [-0.25, -0.2) is 0 Å². The fourth-order valence-electron chi connectivity index (χ4n) is 2.39. The van der Waals surface area contributed by atoms with E-state index >= 15 is 0 Å². The summed E-state index contributed by atoms with van der Waals surface area (Å²) in [5, 5.41) is 0. The molecule has 0 aromatic heterocycles. The summed E-state index contributed by atoms with van der Waals surface area (Å²) in [6.07, 6.45) is 9.32. The van der Waals surface area contributed by atoms with E-state index < -0.39 is 0 Å². The second-order valence-corrected chi connectivity index (χ2v) is 6.33. The number of benzene rings is 1. The van der Waals surface area contributed by atoms with Crippen LogP contribution in [-0.2, 0) is 4.79 Å². The van der Waals surface area contributed by atoms with Gasteiger partial charge in [-0.15, -0.1) is 11.8 Å². The van der Waals surface area contributed by atoms with Crippen LogP contribution in [0.3, 0.4) is 0 Å². The molecule has 2 rings (SSSR count). The molecule has 2 heteroatoms. The lowest BCUT2D eigenvalue weighted by atomic mass is 10.1. The molecule has 0 spiro atoms. The maximum Gasteiger partial charge on any atom is 0.165 e. The second kappa shape index (κ2) is 7.54. The van der Waals surface area contributed by atoms with Crippen LogP contribution in [0.4, 0.5) is 0 Å². The third-order valence-corrected chi connectivity index (χ3v) is 4.55. The van der Waals surface area contributed by atoms with Crippen LogP contribution >= 0.6 is 11.8 Å². The van der Waals surface area contributed by atoms with Crippen molar-refractivity contribution in [3.63, 3.8) is 0 Å². The van der Waals surface area contributed by atoms with E-state index in [1.54, 1.807) is 11.8 Å². The summed E-state index contributed by atoms with van der Waals surface area (Å²) in [5.74, 6) is 0.828. The molecular weight excluding hydrogens is 252 g/mol. The smallest absolute Gasteiger partial charge is 0.165 e. The number of hydrogen-bond acceptors (Lipinski definition) is 2. The Balaban J connectivity index is 1.83. The molecule has 1 nitrogen and oxygen atoms in total. The van der Waals surface area contributed by atoms with Crippen molar-refractivity contribution in [2.75, 3.05) is 5.75 Å². The molecule has 19 heavy (non-hydrogen) atoms. The molecule has 0 N–H and O–H groups in total. The number of allylic oxidation sites excluding steroid dienone is 2. The number of carbonyl (C=O) groups is 1. The minimum atomic E-state index is 0.266. The quantitative estimate of drug-likeness (QED) is 0.439. The van der Waals surface area contributed by atoms with Crippen LogP contribution in [0.5, 0.6) is 0 Å². The molecule has 0 atom stereocenters. The van der Waals surface area contributed by atoms with E-state index in [1.165, 1.54) is 41.7 Å². The van der Waals surface area contributed by atoms with Gasteiger partial charge in [0.15, 0.2) is 5.78 Å². The number of carbonyl (C=O) groups excluding carboxylic acids is 1. The Morgan fingerprint density at radius 1 is 1.11 bits per heavy atom. The van der Waals surface area contributed by atoms with E-state index in [0.717, 1.165) is 12.8 Å². The first-order valence-corrected chi connectivity index (χ1v) is 8.14. The average molecular weight is 274 g/mol. The molecule has 1 saturated carbocycles. The predicted octanol–water partition coefficient (Wildman–Crippen LogP) is 4.94. The van der Waals surface area contributed by atoms with Crippen LogP contribution in [0.25, 0.3) is 0 Å². The normalized spacial score (nSPS) is 15.9. The van der Waals surface area contributed by atoms with Gasteiger partial charge in [-0.2, -0.15) is 0 Å². The number of ketones is 1. The van der Waals surface area contributed by atoms with E-state index in [1.807, 2.05) is 6.08 Å². The first-order valence-electron chi connectivity index (χ1n) is 7.16. The van der Waals surface area contributed by atoms with Crippen LogP contribution in [0.1, 0.15) is 44.1 Å². The molecule has 0 saturated heterocycles. The first-order chi connectivity index (χ1) is 9.24. The zero-order chi connectivity index (χ0) is 13.5. The summed E-state index contributed by atoms with van der Waals surface area (Å²) in [5.41, 5.74) is 2.63. The van der Waals surface area contributed by atoms with Crippen molar-refractivity contribution in [1.29, 1.82) is 0 Å². The molecule has 0 bridgehead atoms. The number of rotatable bonds is 4. The molecule has 0 aliphatic heterocycles. The minimum absolute atomic E-state index is 0.266. The van der Waals surface area contributed by atoms with Crippen molar-refractivity contribution in [2.24, 2.45) is 0 Å². The summed E-state index contributed by atoms with van der Waals surface area (Å²) in [4.78, 5) is 13.1. The third-order valence-electron chi connectivity index (χ3n) is 3.51. The van der Waals surface area contributed by atoms with Gasteiger partial charge in [-0.05, 0) is 50.8 Å². The topological polar surface area (TPSA) is 17.1 Å². The SMILES string of the molecule is Cc1ccc(SCC(=O)C=C2CCCCCC2)cc1. The molecule has 1 aliphatic rings. The maximum atomic E-state index is 12.0. The highest BCUT2D eigenvalue weighted by atomic mass is 32.2. The molecule has 1 aromatic carbocycles. The lowest BCUT2D eigenvalue weighted by molar-refractivity contribution is -0.112. The van der Waals surface area contributed by atoms with Crippen molar-refractivity contribution in [3.8, 4) is 0 Å². The molecule has 1 aromatic rings. The minimum Gasteiger partial charge on any atom is -0.294 e. The third kappa shape index (κ3) is 5.23. The van der Waals surface area contributed by atoms with Gasteiger partial charge in [0.25, 0.3) is 0 Å². The average Bonchev–Trinajstić information content (AvgIpc) is 2.67. The Morgan fingerprint density at radius 3 is 2.37 bits per heavy atom. The number of thioether (sulfide) groups is 1. The Hall–Kier alpha value is -1.02. The number of hydrogen-bond donors (Lipinski definition) is 0. The molecule has 1 fully saturated rings. The number of aryl methyl sites for hydroxylation is 1. The van der Waals surface area contributed by atoms with Gasteiger partial charge >= 0.3 is 0 Å². The van der Waals surface area contributed by atoms with E-state index in [9.17, 15) is 4.79 Å². The Kier molecular flexibility index (Phi) is 5.71. The molecule has 102 valence electrons. The summed E-state index contributed by atoms with van der Waals surface area (Å²) < 4.78 is 0. The van der Waals surface area contributed by atoms with Gasteiger partial charge < -0.3 is 0 Å². The fraction of sp³-hybridized carbons (Fsp3) is 0.471. The second-order valence-electron chi connectivity index (χ2n) is 5.28. The van der Waals surface area contributed by atoms with Crippen LogP contribution in [0.2, 0.25) is 0 Å². The van der Waals surface area contributed by atoms with Gasteiger partial charge in [0, 0.05) is 4.90 Å². The Morgan fingerprint density at radius 2 is 1.74 bits per heavy atom. The highest BCUT2D eigenvalue weighted by Crippen LogP contribution is 2.23. The standard InChI is InChI=1S/C17H22OS/c1-14-8-10-17(11-9-14)19-13-16(18)12-15-6-4-2-3-5-7-15/h8-12H,2-7,13H2,1H3. The fourth-order valence-corrected chi connectivity index (χ4v) is 3.11. The van der Waals surface area contributed by atoms with E-state index in [2.05, 4.69) is 31.2 Å². The maximum absolute atomic E-state index is 12.0. The van der Waals surface area contributed by atoms with Crippen molar-refractivity contribution in [2.45, 2.75) is 50.3 Å². The lowest BCUT2D eigenvalue weighted by Gasteiger charge is -2.03. The summed E-state index contributed by atoms with van der Waals surface area (Å²) >= 11 is 1.64. The Labute approximate surface area is 120 Å². The van der Waals surface area contributed by atoms with Crippen LogP contribution < -0.4 is 0 Å². The van der Waals surface area contributed by atoms with Crippen molar-refractivity contribution in [3.05, 3.63) is 41.5 Å². The molecule has 1 aliphatic carbocycles. The molecule has 0 amide bonds. The van der Waals surface area contributed by atoms with Gasteiger partial charge in [0.1, 0.15) is 0 Å². The van der Waals surface area contributed by atoms with Crippen LogP contribution in [0, 0.1) is 6.92 Å². The van der Waals surface area contributed by atoms with Crippen LogP contribution in [-0.4, -0.2) is 11.5 Å². The van der Waals surface area contributed by atoms with Crippen molar-refractivity contribution < 1.29 is 4.79 Å². The highest BCUT2D eigenvalue weighted by Gasteiger charge is 2.07. The van der Waals surface area contributed by atoms with Crippen molar-refractivity contribution >= 4 is 17.5 Å². The van der Waals surface area contributed by atoms with E-state index in [-0.39, 0.29) is 5.78 Å². The van der Waals surface area contributed by atoms with Crippen molar-refractivity contribution in [1.82, 2.24) is 0 Å². The summed E-state index contributed by atoms with van der Waals surface area (Å²) in [7, 11) is 0. The zero-order valence-corrected chi connectivity index (χ0v) is 12.5. The molecule has 0 radical (unpaired) electrons. The monoisotopic (exact) mass is 274 g/mol. The van der Waals surface area contributed by atoms with Gasteiger partial charge in [-0.3, -0.25) is 4.79 Å². The lowest BCUT2D eigenvalue weighted by Crippen LogP contribution is -1.98. The van der Waals surface area contributed by atoms with Gasteiger partial charge in [-0.1, -0.05) is 36.1 Å². The van der Waals surface area contributed by atoms with Gasteiger partial charge in [0.2, 0.25) is 0 Å². The largest absolute Gasteiger partial charge is 0.294 e. The Bertz CT molecular complexity index is 435. The summed E-state index contributed by atoms with van der Waals surface area (Å²) in [6, 6.07) is 8.37. The van der Waals surface area contributed by atoms with E-state index in [4.69, 9.17) is 0 Å².